The van der Waals surface area contributed by atoms with E-state index in [1.165, 1.54) is 0 Å². The van der Waals surface area contributed by atoms with Crippen LogP contribution >= 0.6 is 0 Å². The van der Waals surface area contributed by atoms with E-state index in [1.54, 1.807) is 16.6 Å². The molecule has 0 aliphatic heterocycles. The molecule has 0 fully saturated rings. The number of aliphatic carboxylic acids is 1. The van der Waals surface area contributed by atoms with Gasteiger partial charge in [0.05, 0.1) is 12.2 Å². The first-order valence-electron chi connectivity index (χ1n) is 4.94. The predicted molar refractivity (Wildman–Crippen MR) is 56.6 cm³/mol. The van der Waals surface area contributed by atoms with E-state index >= 15 is 0 Å². The fourth-order valence-electron chi connectivity index (χ4n) is 1.59. The summed E-state index contributed by atoms with van der Waals surface area (Å²) >= 11 is 0. The number of nitrogens with zero attached hydrogens (tertiary/aromatic N) is 3. The molecule has 0 aliphatic rings. The molecule has 0 amide bonds. The van der Waals surface area contributed by atoms with E-state index in [0.29, 0.717) is 6.54 Å². The van der Waals surface area contributed by atoms with Gasteiger partial charge >= 0.3 is 5.97 Å². The number of hydrogen-bond donors (Lipinski definition) is 1. The van der Waals surface area contributed by atoms with Crippen LogP contribution in [0.15, 0.2) is 6.20 Å². The Labute approximate surface area is 89.3 Å². The summed E-state index contributed by atoms with van der Waals surface area (Å²) in [7, 11) is 3.67. The van der Waals surface area contributed by atoms with E-state index in [2.05, 4.69) is 5.10 Å². The van der Waals surface area contributed by atoms with Gasteiger partial charge < -0.3 is 5.11 Å². The molecule has 1 rings (SSSR count). The van der Waals surface area contributed by atoms with Crippen molar-refractivity contribution in [2.24, 2.45) is 7.05 Å². The van der Waals surface area contributed by atoms with Gasteiger partial charge in [0.2, 0.25) is 0 Å². The van der Waals surface area contributed by atoms with Crippen LogP contribution < -0.4 is 0 Å². The second-order valence-corrected chi connectivity index (χ2v) is 3.69. The third-order valence-electron chi connectivity index (χ3n) is 2.17. The monoisotopic (exact) mass is 211 g/mol. The second-order valence-electron chi connectivity index (χ2n) is 3.69. The van der Waals surface area contributed by atoms with Gasteiger partial charge in [-0.2, -0.15) is 5.10 Å². The molecule has 0 aliphatic carbocycles. The Hall–Kier alpha value is -1.36. The van der Waals surface area contributed by atoms with Gasteiger partial charge in [-0.05, 0) is 13.5 Å². The highest BCUT2D eigenvalue weighted by Gasteiger charge is 2.10. The fourth-order valence-corrected chi connectivity index (χ4v) is 1.59. The average Bonchev–Trinajstić information content (AvgIpc) is 2.44. The molecule has 0 saturated heterocycles. The summed E-state index contributed by atoms with van der Waals surface area (Å²) in [6, 6.07) is 0. The maximum absolute atomic E-state index is 10.5. The Kier molecular flexibility index (Phi) is 3.85. The van der Waals surface area contributed by atoms with Gasteiger partial charge in [-0.1, -0.05) is 6.92 Å². The zero-order valence-electron chi connectivity index (χ0n) is 9.40. The number of aryl methyl sites for hydroxylation is 2. The van der Waals surface area contributed by atoms with Crippen molar-refractivity contribution in [1.82, 2.24) is 14.7 Å². The molecule has 5 heteroatoms. The van der Waals surface area contributed by atoms with Crippen LogP contribution in [-0.2, 0) is 24.8 Å². The maximum atomic E-state index is 10.5. The quantitative estimate of drug-likeness (QED) is 0.770. The molecule has 0 unspecified atom stereocenters. The molecule has 0 radical (unpaired) electrons. The topological polar surface area (TPSA) is 58.4 Å². The van der Waals surface area contributed by atoms with Gasteiger partial charge in [-0.3, -0.25) is 14.4 Å². The number of rotatable bonds is 5. The minimum atomic E-state index is -0.806. The molecule has 0 spiro atoms. The molecule has 1 aromatic heterocycles. The van der Waals surface area contributed by atoms with Crippen molar-refractivity contribution in [3.63, 3.8) is 0 Å². The van der Waals surface area contributed by atoms with Crippen LogP contribution in [0, 0.1) is 0 Å². The minimum Gasteiger partial charge on any atom is -0.480 e. The van der Waals surface area contributed by atoms with Crippen LogP contribution in [0.4, 0.5) is 0 Å². The maximum Gasteiger partial charge on any atom is 0.317 e. The average molecular weight is 211 g/mol. The summed E-state index contributed by atoms with van der Waals surface area (Å²) in [5, 5.41) is 12.9. The summed E-state index contributed by atoms with van der Waals surface area (Å²) in [6.45, 7) is 2.73. The standard InChI is InChI=1S/C10H17N3O2/c1-4-9-8(6-13(3)11-9)5-12(2)7-10(14)15/h6H,4-5,7H2,1-3H3,(H,14,15). The molecule has 0 aromatic carbocycles. The van der Waals surface area contributed by atoms with Crippen LogP contribution in [0.3, 0.4) is 0 Å². The highest BCUT2D eigenvalue weighted by molar-refractivity contribution is 5.69. The molecule has 0 saturated carbocycles. The van der Waals surface area contributed by atoms with Gasteiger partial charge in [0.1, 0.15) is 0 Å². The lowest BCUT2D eigenvalue weighted by Gasteiger charge is -2.12. The Balaban J connectivity index is 2.66. The van der Waals surface area contributed by atoms with Gasteiger partial charge in [0.25, 0.3) is 0 Å². The zero-order chi connectivity index (χ0) is 11.4. The largest absolute Gasteiger partial charge is 0.480 e. The van der Waals surface area contributed by atoms with Gasteiger partial charge in [0.15, 0.2) is 0 Å². The van der Waals surface area contributed by atoms with Crippen molar-refractivity contribution >= 4 is 5.97 Å². The molecule has 5 nitrogen and oxygen atoms in total. The second kappa shape index (κ2) is 4.93. The van der Waals surface area contributed by atoms with Crippen molar-refractivity contribution in [2.75, 3.05) is 13.6 Å². The Bertz CT molecular complexity index is 346. The molecule has 0 bridgehead atoms. The number of aromatic nitrogens is 2. The van der Waals surface area contributed by atoms with E-state index in [4.69, 9.17) is 5.11 Å². The molecule has 84 valence electrons. The first-order chi connectivity index (χ1) is 7.02. The molecule has 0 atom stereocenters. The van der Waals surface area contributed by atoms with Crippen LogP contribution in [-0.4, -0.2) is 39.3 Å². The zero-order valence-corrected chi connectivity index (χ0v) is 9.40. The molecule has 15 heavy (non-hydrogen) atoms. The van der Waals surface area contributed by atoms with E-state index in [1.807, 2.05) is 20.2 Å². The number of carboxylic acid groups (broad SMARTS) is 1. The fraction of sp³-hybridized carbons (Fsp3) is 0.600. The minimum absolute atomic E-state index is 0.0536. The summed E-state index contributed by atoms with van der Waals surface area (Å²) in [4.78, 5) is 12.3. The van der Waals surface area contributed by atoms with Crippen LogP contribution in [0.2, 0.25) is 0 Å². The van der Waals surface area contributed by atoms with Crippen molar-refractivity contribution < 1.29 is 9.90 Å². The van der Waals surface area contributed by atoms with E-state index < -0.39 is 5.97 Å². The number of likely N-dealkylation sites (N-methyl/N-ethyl adjacent to an activating group) is 1. The van der Waals surface area contributed by atoms with Gasteiger partial charge in [-0.15, -0.1) is 0 Å². The van der Waals surface area contributed by atoms with Crippen molar-refractivity contribution in [3.05, 3.63) is 17.5 Å². The van der Waals surface area contributed by atoms with E-state index in [-0.39, 0.29) is 6.54 Å². The van der Waals surface area contributed by atoms with E-state index in [0.717, 1.165) is 17.7 Å². The summed E-state index contributed by atoms with van der Waals surface area (Å²) in [5.74, 6) is -0.806. The number of hydrogen-bond acceptors (Lipinski definition) is 3. The van der Waals surface area contributed by atoms with Crippen molar-refractivity contribution in [3.8, 4) is 0 Å². The van der Waals surface area contributed by atoms with Gasteiger partial charge in [-0.25, -0.2) is 0 Å². The third-order valence-corrected chi connectivity index (χ3v) is 2.17. The van der Waals surface area contributed by atoms with Crippen LogP contribution in [0.25, 0.3) is 0 Å². The Morgan fingerprint density at radius 2 is 2.33 bits per heavy atom. The predicted octanol–water partition coefficient (Wildman–Crippen LogP) is 0.499. The Morgan fingerprint density at radius 3 is 2.87 bits per heavy atom. The van der Waals surface area contributed by atoms with Crippen LogP contribution in [0.1, 0.15) is 18.2 Å². The summed E-state index contributed by atoms with van der Waals surface area (Å²) in [5.41, 5.74) is 2.14. The SMILES string of the molecule is CCc1nn(C)cc1CN(C)CC(=O)O. The molecular formula is C10H17N3O2. The Morgan fingerprint density at radius 1 is 1.67 bits per heavy atom. The smallest absolute Gasteiger partial charge is 0.317 e. The lowest BCUT2D eigenvalue weighted by atomic mass is 10.2. The van der Waals surface area contributed by atoms with Gasteiger partial charge in [0, 0.05) is 25.4 Å². The molecule has 1 heterocycles. The van der Waals surface area contributed by atoms with Crippen LogP contribution in [0.5, 0.6) is 0 Å². The third kappa shape index (κ3) is 3.36. The molecule has 1 aromatic rings. The lowest BCUT2D eigenvalue weighted by Crippen LogP contribution is -2.25. The summed E-state index contributed by atoms with van der Waals surface area (Å²) in [6.07, 6.45) is 2.81. The van der Waals surface area contributed by atoms with Crippen molar-refractivity contribution in [2.45, 2.75) is 19.9 Å². The van der Waals surface area contributed by atoms with E-state index in [9.17, 15) is 4.79 Å². The molecular weight excluding hydrogens is 194 g/mol. The lowest BCUT2D eigenvalue weighted by molar-refractivity contribution is -0.138. The molecule has 1 N–H and O–H groups in total. The first-order valence-corrected chi connectivity index (χ1v) is 4.94. The number of carboxylic acids is 1. The highest BCUT2D eigenvalue weighted by Crippen LogP contribution is 2.09. The van der Waals surface area contributed by atoms with Crippen molar-refractivity contribution in [1.29, 1.82) is 0 Å². The normalized spacial score (nSPS) is 10.9. The number of carbonyl (C=O) groups is 1. The summed E-state index contributed by atoms with van der Waals surface area (Å²) < 4.78 is 1.77. The first kappa shape index (κ1) is 11.7. The highest BCUT2D eigenvalue weighted by atomic mass is 16.4.